The number of hydroxylamine groups is 1. The van der Waals surface area contributed by atoms with E-state index in [1.54, 1.807) is 6.92 Å². The summed E-state index contributed by atoms with van der Waals surface area (Å²) in [7, 11) is -3.33. The second-order valence-electron chi connectivity index (χ2n) is 3.38. The first kappa shape index (κ1) is 18.2. The van der Waals surface area contributed by atoms with Crippen molar-refractivity contribution in [3.05, 3.63) is 0 Å². The van der Waals surface area contributed by atoms with Crippen molar-refractivity contribution in [2.45, 2.75) is 45.1 Å². The molecule has 1 aliphatic carbocycles. The van der Waals surface area contributed by atoms with Crippen molar-refractivity contribution in [2.24, 2.45) is 0 Å². The fraction of sp³-hybridized carbons (Fsp3) is 1.00. The standard InChI is InChI=1S/C8H17NO3S.Na.H2O.H/c1-2-13(10,11)12-9-8-6-4-3-5-7-8;;;/h8-9H,2-7H2,1H3;;1H2;/q;+1;;-1. The maximum absolute atomic E-state index is 11.0. The van der Waals surface area contributed by atoms with Crippen LogP contribution in [0, 0.1) is 0 Å². The Kier molecular flexibility index (Phi) is 10.8. The molecule has 0 unspecified atom stereocenters. The van der Waals surface area contributed by atoms with Crippen LogP contribution in [0.1, 0.15) is 40.5 Å². The van der Waals surface area contributed by atoms with Gasteiger partial charge >= 0.3 is 29.6 Å². The van der Waals surface area contributed by atoms with Gasteiger partial charge in [0.05, 0.1) is 5.75 Å². The Balaban J connectivity index is -0.000000563. The third-order valence-corrected chi connectivity index (χ3v) is 3.36. The first-order chi connectivity index (χ1) is 6.14. The van der Waals surface area contributed by atoms with E-state index >= 15 is 0 Å². The van der Waals surface area contributed by atoms with Crippen LogP contribution in [-0.4, -0.2) is 25.7 Å². The Morgan fingerprint density at radius 2 is 1.87 bits per heavy atom. The summed E-state index contributed by atoms with van der Waals surface area (Å²) in [6, 6.07) is 0.218. The van der Waals surface area contributed by atoms with Crippen molar-refractivity contribution < 1.29 is 49.2 Å². The molecule has 1 rings (SSSR count). The smallest absolute Gasteiger partial charge is 1.00 e. The molecule has 0 aliphatic heterocycles. The molecule has 88 valence electrons. The monoisotopic (exact) mass is 249 g/mol. The van der Waals surface area contributed by atoms with Crippen LogP contribution in [0.3, 0.4) is 0 Å². The third kappa shape index (κ3) is 7.68. The van der Waals surface area contributed by atoms with Crippen molar-refractivity contribution in [1.29, 1.82) is 0 Å². The largest absolute Gasteiger partial charge is 1.00 e. The average Bonchev–Trinajstić information content (AvgIpc) is 2.17. The van der Waals surface area contributed by atoms with Gasteiger partial charge in [-0.2, -0.15) is 18.2 Å². The summed E-state index contributed by atoms with van der Waals surface area (Å²) in [4.78, 5) is 0. The van der Waals surface area contributed by atoms with Gasteiger partial charge in [-0.1, -0.05) is 19.3 Å². The molecule has 0 radical (unpaired) electrons. The molecule has 5 nitrogen and oxygen atoms in total. The topological polar surface area (TPSA) is 86.9 Å². The van der Waals surface area contributed by atoms with E-state index in [0.29, 0.717) is 0 Å². The minimum absolute atomic E-state index is 0. The zero-order chi connectivity index (χ0) is 9.73. The molecular formula is C8H20NNaO4S. The van der Waals surface area contributed by atoms with E-state index in [1.807, 2.05) is 0 Å². The SMILES string of the molecule is CCS(=O)(=O)ONC1CCCCC1.O.[H-].[Na+]. The van der Waals surface area contributed by atoms with Crippen LogP contribution in [0.5, 0.6) is 0 Å². The number of hydrogen-bond donors (Lipinski definition) is 1. The van der Waals surface area contributed by atoms with E-state index in [4.69, 9.17) is 0 Å². The van der Waals surface area contributed by atoms with Gasteiger partial charge in [-0.15, -0.1) is 0 Å². The first-order valence-corrected chi connectivity index (χ1v) is 6.38. The molecular weight excluding hydrogens is 229 g/mol. The third-order valence-electron chi connectivity index (χ3n) is 2.30. The van der Waals surface area contributed by atoms with Crippen LogP contribution < -0.4 is 35.0 Å². The first-order valence-electron chi connectivity index (χ1n) is 4.81. The van der Waals surface area contributed by atoms with Crippen LogP contribution in [0.15, 0.2) is 0 Å². The summed E-state index contributed by atoms with van der Waals surface area (Å²) in [6.45, 7) is 1.57. The summed E-state index contributed by atoms with van der Waals surface area (Å²) in [5.41, 5.74) is 2.62. The summed E-state index contributed by atoms with van der Waals surface area (Å²) >= 11 is 0. The minimum atomic E-state index is -3.33. The van der Waals surface area contributed by atoms with Crippen molar-refractivity contribution in [1.82, 2.24) is 5.48 Å². The maximum Gasteiger partial charge on any atom is 1.00 e. The van der Waals surface area contributed by atoms with Crippen molar-refractivity contribution >= 4 is 10.1 Å². The van der Waals surface area contributed by atoms with E-state index in [9.17, 15) is 8.42 Å². The molecule has 1 fully saturated rings. The normalized spacial score (nSPS) is 17.7. The molecule has 1 saturated carbocycles. The molecule has 15 heavy (non-hydrogen) atoms. The molecule has 0 aromatic carbocycles. The fourth-order valence-electron chi connectivity index (χ4n) is 1.42. The van der Waals surface area contributed by atoms with Crippen molar-refractivity contribution in [3.8, 4) is 0 Å². The molecule has 0 atom stereocenters. The molecule has 7 heteroatoms. The van der Waals surface area contributed by atoms with Crippen LogP contribution >= 0.6 is 0 Å². The Morgan fingerprint density at radius 3 is 2.33 bits per heavy atom. The van der Waals surface area contributed by atoms with Crippen LogP contribution in [0.25, 0.3) is 0 Å². The number of rotatable bonds is 4. The average molecular weight is 249 g/mol. The Morgan fingerprint density at radius 1 is 1.33 bits per heavy atom. The van der Waals surface area contributed by atoms with Crippen molar-refractivity contribution in [2.75, 3.05) is 5.75 Å². The quantitative estimate of drug-likeness (QED) is 0.440. The summed E-state index contributed by atoms with van der Waals surface area (Å²) in [6.07, 6.45) is 5.59. The van der Waals surface area contributed by atoms with Crippen LogP contribution in [0.2, 0.25) is 0 Å². The van der Waals surface area contributed by atoms with Gasteiger partial charge in [-0.3, -0.25) is 0 Å². The number of nitrogens with one attached hydrogen (secondary N) is 1. The van der Waals surface area contributed by atoms with Crippen LogP contribution in [-0.2, 0) is 14.4 Å². The molecule has 0 aromatic heterocycles. The zero-order valence-electron chi connectivity index (χ0n) is 10.5. The summed E-state index contributed by atoms with van der Waals surface area (Å²) in [5, 5.41) is 0. The van der Waals surface area contributed by atoms with Gasteiger partial charge in [-0.25, -0.2) is 0 Å². The second-order valence-corrected chi connectivity index (χ2v) is 5.24. The Hall–Kier alpha value is 0.830. The zero-order valence-corrected chi connectivity index (χ0v) is 12.3. The van der Waals surface area contributed by atoms with Gasteiger partial charge in [0.2, 0.25) is 0 Å². The van der Waals surface area contributed by atoms with E-state index in [-0.39, 0.29) is 48.3 Å². The molecule has 0 spiro atoms. The Bertz CT molecular complexity index is 244. The maximum atomic E-state index is 11.0. The van der Waals surface area contributed by atoms with Gasteiger partial charge < -0.3 is 6.90 Å². The van der Waals surface area contributed by atoms with Gasteiger partial charge in [0.1, 0.15) is 0 Å². The predicted octanol–water partition coefficient (Wildman–Crippen LogP) is -2.52. The molecule has 0 aromatic rings. The van der Waals surface area contributed by atoms with Crippen LogP contribution in [0.4, 0.5) is 0 Å². The fourth-order valence-corrected chi connectivity index (χ4v) is 1.82. The Labute approximate surface area is 115 Å². The molecule has 0 amide bonds. The van der Waals surface area contributed by atoms with E-state index in [1.165, 1.54) is 6.42 Å². The van der Waals surface area contributed by atoms with Gasteiger partial charge in [0, 0.05) is 6.04 Å². The molecule has 1 aliphatic rings. The molecule has 0 bridgehead atoms. The van der Waals surface area contributed by atoms with Gasteiger partial charge in [-0.05, 0) is 19.8 Å². The van der Waals surface area contributed by atoms with Gasteiger partial charge in [0.25, 0.3) is 10.1 Å². The number of hydrogen-bond acceptors (Lipinski definition) is 4. The van der Waals surface area contributed by atoms with E-state index in [0.717, 1.165) is 25.7 Å². The molecule has 3 N–H and O–H groups in total. The van der Waals surface area contributed by atoms with E-state index in [2.05, 4.69) is 9.76 Å². The van der Waals surface area contributed by atoms with E-state index < -0.39 is 10.1 Å². The van der Waals surface area contributed by atoms with Gasteiger partial charge in [0.15, 0.2) is 0 Å². The second kappa shape index (κ2) is 8.92. The minimum Gasteiger partial charge on any atom is -1.00 e. The summed E-state index contributed by atoms with van der Waals surface area (Å²) in [5.74, 6) is 0.0206. The molecule has 0 heterocycles. The summed E-state index contributed by atoms with van der Waals surface area (Å²) < 4.78 is 26.6. The predicted molar refractivity (Wildman–Crippen MR) is 55.3 cm³/mol. The molecule has 0 saturated heterocycles. The van der Waals surface area contributed by atoms with Crippen molar-refractivity contribution in [3.63, 3.8) is 0 Å².